The molecule has 8 heteroatoms. The molecule has 1 aromatic heterocycles. The summed E-state index contributed by atoms with van der Waals surface area (Å²) in [6, 6.07) is 17.0. The summed E-state index contributed by atoms with van der Waals surface area (Å²) in [7, 11) is 0. The predicted molar refractivity (Wildman–Crippen MR) is 111 cm³/mol. The molecule has 1 heterocycles. The van der Waals surface area contributed by atoms with Gasteiger partial charge in [-0.2, -0.15) is 0 Å². The maximum absolute atomic E-state index is 13.1. The van der Waals surface area contributed by atoms with E-state index in [2.05, 4.69) is 10.3 Å². The molecule has 0 spiro atoms. The third-order valence-electron chi connectivity index (χ3n) is 4.43. The van der Waals surface area contributed by atoms with Gasteiger partial charge >= 0.3 is 5.97 Å². The van der Waals surface area contributed by atoms with Gasteiger partial charge in [-0.3, -0.25) is 4.79 Å². The number of aromatic hydroxyl groups is 1. The zero-order chi connectivity index (χ0) is 22.0. The summed E-state index contributed by atoms with van der Waals surface area (Å²) >= 11 is 0. The summed E-state index contributed by atoms with van der Waals surface area (Å²) < 4.78 is 18.9. The normalized spacial score (nSPS) is 11.5. The van der Waals surface area contributed by atoms with Gasteiger partial charge in [-0.15, -0.1) is 0 Å². The highest BCUT2D eigenvalue weighted by atomic mass is 19.1. The van der Waals surface area contributed by atoms with Crippen molar-refractivity contribution >= 4 is 34.2 Å². The quantitative estimate of drug-likeness (QED) is 0.453. The van der Waals surface area contributed by atoms with Gasteiger partial charge in [-0.1, -0.05) is 0 Å². The average Bonchev–Trinajstić information content (AvgIpc) is 2.75. The number of nitrogens with zero attached hydrogens (tertiary/aromatic N) is 1. The van der Waals surface area contributed by atoms with Crippen molar-refractivity contribution in [1.82, 2.24) is 0 Å². The van der Waals surface area contributed by atoms with Crippen molar-refractivity contribution in [2.45, 2.75) is 0 Å². The number of carboxylic acid groups (broad SMARTS) is 1. The van der Waals surface area contributed by atoms with E-state index in [0.717, 1.165) is 0 Å². The number of carbonyl (C=O) groups is 2. The average molecular weight is 418 g/mol. The fourth-order valence-electron chi connectivity index (χ4n) is 2.88. The minimum Gasteiger partial charge on any atom is -0.508 e. The second kappa shape index (κ2) is 8.11. The molecule has 0 atom stereocenters. The van der Waals surface area contributed by atoms with E-state index in [1.165, 1.54) is 60.7 Å². The van der Waals surface area contributed by atoms with Crippen molar-refractivity contribution in [2.75, 3.05) is 5.32 Å². The molecule has 4 aromatic rings. The summed E-state index contributed by atoms with van der Waals surface area (Å²) in [5.74, 6) is -2.06. The predicted octanol–water partition coefficient (Wildman–Crippen LogP) is 4.46. The number of fused-ring (bicyclic) bond motifs is 1. The summed E-state index contributed by atoms with van der Waals surface area (Å²) in [4.78, 5) is 28.3. The third kappa shape index (κ3) is 4.43. The first-order chi connectivity index (χ1) is 14.9. The van der Waals surface area contributed by atoms with E-state index in [9.17, 15) is 19.1 Å². The molecule has 0 fully saturated rings. The minimum absolute atomic E-state index is 0.0171. The molecule has 0 bridgehead atoms. The Balaban J connectivity index is 1.82. The van der Waals surface area contributed by atoms with Crippen LogP contribution in [-0.4, -0.2) is 22.1 Å². The summed E-state index contributed by atoms with van der Waals surface area (Å²) in [5, 5.41) is 22.0. The van der Waals surface area contributed by atoms with Crippen LogP contribution in [0.4, 0.5) is 15.8 Å². The summed E-state index contributed by atoms with van der Waals surface area (Å²) in [6.45, 7) is 0. The molecule has 0 unspecified atom stereocenters. The van der Waals surface area contributed by atoms with Crippen molar-refractivity contribution in [1.29, 1.82) is 0 Å². The number of phenols is 1. The fourth-order valence-corrected chi connectivity index (χ4v) is 2.88. The Morgan fingerprint density at radius 3 is 2.32 bits per heavy atom. The maximum Gasteiger partial charge on any atom is 0.335 e. The third-order valence-corrected chi connectivity index (χ3v) is 4.43. The molecule has 31 heavy (non-hydrogen) atoms. The van der Waals surface area contributed by atoms with E-state index in [1.54, 1.807) is 12.1 Å². The molecule has 0 radical (unpaired) electrons. The van der Waals surface area contributed by atoms with Crippen LogP contribution in [0.3, 0.4) is 0 Å². The van der Waals surface area contributed by atoms with Gasteiger partial charge in [-0.05, 0) is 66.7 Å². The van der Waals surface area contributed by atoms with Crippen LogP contribution in [0.5, 0.6) is 5.75 Å². The first-order valence-electron chi connectivity index (χ1n) is 9.11. The Kier molecular flexibility index (Phi) is 5.19. The minimum atomic E-state index is -1.07. The topological polar surface area (TPSA) is 112 Å². The van der Waals surface area contributed by atoms with E-state index < -0.39 is 17.7 Å². The first kappa shape index (κ1) is 19.8. The number of nitrogens with one attached hydrogen (secondary N) is 1. The number of rotatable bonds is 4. The number of hydrogen-bond acceptors (Lipinski definition) is 5. The molecular formula is C23H15FN2O5. The Bertz CT molecular complexity index is 1360. The number of benzene rings is 3. The second-order valence-corrected chi connectivity index (χ2v) is 6.61. The Morgan fingerprint density at radius 1 is 0.935 bits per heavy atom. The molecule has 3 N–H and O–H groups in total. The van der Waals surface area contributed by atoms with Gasteiger partial charge in [0.2, 0.25) is 5.55 Å². The first-order valence-corrected chi connectivity index (χ1v) is 9.11. The number of carbonyl (C=O) groups excluding carboxylic acids is 1. The van der Waals surface area contributed by atoms with Gasteiger partial charge in [0.1, 0.15) is 22.7 Å². The summed E-state index contributed by atoms with van der Waals surface area (Å²) in [6.07, 6.45) is 0. The van der Waals surface area contributed by atoms with E-state index in [1.807, 2.05) is 0 Å². The van der Waals surface area contributed by atoms with Gasteiger partial charge in [0, 0.05) is 17.1 Å². The van der Waals surface area contributed by atoms with E-state index in [0.29, 0.717) is 22.3 Å². The number of aromatic carboxylic acids is 1. The maximum atomic E-state index is 13.1. The number of anilines is 1. The smallest absolute Gasteiger partial charge is 0.335 e. The van der Waals surface area contributed by atoms with Gasteiger partial charge in [-0.25, -0.2) is 14.2 Å². The standard InChI is InChI=1S/C23H15FN2O5/c24-15-4-8-16(9-5-15)25-21(28)19-11-14-3-10-18(27)12-20(14)31-22(19)26-17-6-1-13(2-7-17)23(29)30/h1-12,27H,(H,25,28)(H,29,30). The lowest BCUT2D eigenvalue weighted by molar-refractivity contribution is 0.0696. The monoisotopic (exact) mass is 418 g/mol. The lowest BCUT2D eigenvalue weighted by Gasteiger charge is -2.07. The van der Waals surface area contributed by atoms with Crippen molar-refractivity contribution in [3.8, 4) is 5.75 Å². The molecule has 0 aliphatic carbocycles. The Labute approximate surface area is 174 Å². The van der Waals surface area contributed by atoms with Crippen LogP contribution in [0.15, 0.2) is 82.2 Å². The van der Waals surface area contributed by atoms with Gasteiger partial charge in [0.25, 0.3) is 5.91 Å². The van der Waals surface area contributed by atoms with Gasteiger partial charge in [0.05, 0.1) is 11.3 Å². The van der Waals surface area contributed by atoms with Gasteiger partial charge < -0.3 is 19.9 Å². The van der Waals surface area contributed by atoms with Crippen LogP contribution < -0.4 is 10.9 Å². The number of halogens is 1. The lowest BCUT2D eigenvalue weighted by atomic mass is 10.1. The molecule has 7 nitrogen and oxygen atoms in total. The number of hydrogen-bond donors (Lipinski definition) is 3. The van der Waals surface area contributed by atoms with Crippen LogP contribution >= 0.6 is 0 Å². The molecule has 0 saturated carbocycles. The van der Waals surface area contributed by atoms with Crippen molar-refractivity contribution < 1.29 is 28.6 Å². The van der Waals surface area contributed by atoms with Crippen molar-refractivity contribution in [3.63, 3.8) is 0 Å². The van der Waals surface area contributed by atoms with E-state index in [4.69, 9.17) is 9.52 Å². The molecule has 0 aliphatic rings. The zero-order valence-electron chi connectivity index (χ0n) is 15.9. The van der Waals surface area contributed by atoms with E-state index >= 15 is 0 Å². The SMILES string of the molecule is O=C(O)c1ccc(N=c2oc3cc(O)ccc3cc2C(=O)Nc2ccc(F)cc2)cc1. The Hall–Kier alpha value is -4.46. The molecule has 0 aliphatic heterocycles. The lowest BCUT2D eigenvalue weighted by Crippen LogP contribution is -2.21. The van der Waals surface area contributed by atoms with Crippen molar-refractivity contribution in [3.05, 3.63) is 95.3 Å². The molecule has 4 rings (SSSR count). The summed E-state index contributed by atoms with van der Waals surface area (Å²) in [5.41, 5.74) is 1.21. The Morgan fingerprint density at radius 2 is 1.65 bits per heavy atom. The second-order valence-electron chi connectivity index (χ2n) is 6.61. The zero-order valence-corrected chi connectivity index (χ0v) is 15.9. The number of carboxylic acids is 1. The molecular weight excluding hydrogens is 403 g/mol. The van der Waals surface area contributed by atoms with Crippen LogP contribution in [0, 0.1) is 5.82 Å². The van der Waals surface area contributed by atoms with E-state index in [-0.39, 0.29) is 22.4 Å². The number of phenolic OH excluding ortho intramolecular Hbond substituents is 1. The molecule has 154 valence electrons. The highest BCUT2D eigenvalue weighted by molar-refractivity contribution is 6.05. The van der Waals surface area contributed by atoms with Gasteiger partial charge in [0.15, 0.2) is 0 Å². The highest BCUT2D eigenvalue weighted by Gasteiger charge is 2.14. The largest absolute Gasteiger partial charge is 0.508 e. The van der Waals surface area contributed by atoms with Crippen LogP contribution in [0.1, 0.15) is 20.7 Å². The van der Waals surface area contributed by atoms with Crippen LogP contribution in [0.2, 0.25) is 0 Å². The van der Waals surface area contributed by atoms with Crippen LogP contribution in [-0.2, 0) is 0 Å². The molecule has 3 aromatic carbocycles. The highest BCUT2D eigenvalue weighted by Crippen LogP contribution is 2.21. The van der Waals surface area contributed by atoms with Crippen LogP contribution in [0.25, 0.3) is 11.0 Å². The fraction of sp³-hybridized carbons (Fsp3) is 0. The molecule has 0 saturated heterocycles. The number of amides is 1. The van der Waals surface area contributed by atoms with Crippen molar-refractivity contribution in [2.24, 2.45) is 4.99 Å². The molecule has 1 amide bonds.